The molecule has 4 aliphatic rings. The molecule has 3 nitrogen and oxygen atoms in total. The lowest BCUT2D eigenvalue weighted by Crippen LogP contribution is -2.32. The molecule has 268 valence electrons. The first-order valence-corrected chi connectivity index (χ1v) is 20.2. The van der Waals surface area contributed by atoms with Crippen molar-refractivity contribution in [3.05, 3.63) is 209 Å². The van der Waals surface area contributed by atoms with Gasteiger partial charge in [0, 0.05) is 39.0 Å². The third-order valence-electron chi connectivity index (χ3n) is 13.9. The summed E-state index contributed by atoms with van der Waals surface area (Å²) in [5.74, 6) is 2.22. The molecule has 13 rings (SSSR count). The van der Waals surface area contributed by atoms with Crippen LogP contribution < -0.4 is 0 Å². The molecule has 2 heterocycles. The molecular formula is C54H37N3. The molecule has 0 saturated carbocycles. The standard InChI is InChI=1S/C54H37N3/c1-53(2)41-23-9-3-18-34(41)39-30-40-35-19-8-14-29-48(35)57(49(40)31-46(39)53)52-37-21-7-13-28-47(37)55-51(56-52)38-22-15-27-45-50(38)36-20-6-12-26-44(36)54(45)42-24-10-4-16-32(42)33-17-5-11-25-43(33)54/h3-32,42H,1-2H3. The van der Waals surface area contributed by atoms with E-state index in [1.165, 1.54) is 71.9 Å². The van der Waals surface area contributed by atoms with Crippen molar-refractivity contribution in [2.24, 2.45) is 5.92 Å². The number of benzene rings is 7. The molecule has 1 spiro atoms. The third-order valence-corrected chi connectivity index (χ3v) is 13.9. The van der Waals surface area contributed by atoms with E-state index in [4.69, 9.17) is 9.97 Å². The molecule has 0 aliphatic heterocycles. The normalized spacial score (nSPS) is 20.2. The summed E-state index contributed by atoms with van der Waals surface area (Å²) in [6.45, 7) is 4.72. The average molecular weight is 728 g/mol. The van der Waals surface area contributed by atoms with Gasteiger partial charge in [-0.3, -0.25) is 4.57 Å². The summed E-state index contributed by atoms with van der Waals surface area (Å²) in [4.78, 5) is 11.1. The van der Waals surface area contributed by atoms with Crippen LogP contribution >= 0.6 is 0 Å². The van der Waals surface area contributed by atoms with Gasteiger partial charge >= 0.3 is 0 Å². The van der Waals surface area contributed by atoms with Gasteiger partial charge in [-0.05, 0) is 86.0 Å². The van der Waals surface area contributed by atoms with Crippen molar-refractivity contribution in [1.82, 2.24) is 14.5 Å². The SMILES string of the molecule is CC1(C)c2ccccc2-c2cc3c4ccccc4n(-c4nc(-c5cccc6c5-c5ccccc5C65c6ccccc6C6C=CC=CC65)nc5ccccc45)c3cc21. The van der Waals surface area contributed by atoms with Gasteiger partial charge in [0.25, 0.3) is 0 Å². The molecule has 3 atom stereocenters. The molecule has 0 radical (unpaired) electrons. The van der Waals surface area contributed by atoms with E-state index in [9.17, 15) is 0 Å². The number of rotatable bonds is 2. The van der Waals surface area contributed by atoms with Crippen LogP contribution in [-0.4, -0.2) is 14.5 Å². The Labute approximate surface area is 331 Å². The minimum absolute atomic E-state index is 0.130. The lowest BCUT2D eigenvalue weighted by Gasteiger charge is -2.36. The maximum atomic E-state index is 5.70. The highest BCUT2D eigenvalue weighted by Gasteiger charge is 2.57. The highest BCUT2D eigenvalue weighted by molar-refractivity contribution is 6.12. The van der Waals surface area contributed by atoms with Gasteiger partial charge < -0.3 is 0 Å². The Hall–Kier alpha value is -6.84. The number of allylic oxidation sites excluding steroid dienone is 4. The molecule has 0 N–H and O–H groups in total. The molecule has 3 heteroatoms. The molecule has 4 aliphatic carbocycles. The van der Waals surface area contributed by atoms with Crippen molar-refractivity contribution in [2.75, 3.05) is 0 Å². The number of para-hydroxylation sites is 2. The van der Waals surface area contributed by atoms with Gasteiger partial charge in [0.1, 0.15) is 5.82 Å². The number of aromatic nitrogens is 3. The van der Waals surface area contributed by atoms with Crippen molar-refractivity contribution in [2.45, 2.75) is 30.6 Å². The topological polar surface area (TPSA) is 30.7 Å². The summed E-state index contributed by atoms with van der Waals surface area (Å²) in [6, 6.07) is 56.2. The molecule has 57 heavy (non-hydrogen) atoms. The summed E-state index contributed by atoms with van der Waals surface area (Å²) in [6.07, 6.45) is 9.33. The predicted octanol–water partition coefficient (Wildman–Crippen LogP) is 12.9. The minimum atomic E-state index is -0.318. The van der Waals surface area contributed by atoms with E-state index < -0.39 is 0 Å². The van der Waals surface area contributed by atoms with Crippen LogP contribution in [0.15, 0.2) is 176 Å². The van der Waals surface area contributed by atoms with Crippen molar-refractivity contribution >= 4 is 32.7 Å². The van der Waals surface area contributed by atoms with Crippen molar-refractivity contribution < 1.29 is 0 Å². The summed E-state index contributed by atoms with van der Waals surface area (Å²) in [5.41, 5.74) is 17.3. The predicted molar refractivity (Wildman–Crippen MR) is 233 cm³/mol. The highest BCUT2D eigenvalue weighted by Crippen LogP contribution is 2.66. The van der Waals surface area contributed by atoms with Gasteiger partial charge in [0.15, 0.2) is 5.82 Å². The fourth-order valence-electron chi connectivity index (χ4n) is 11.6. The van der Waals surface area contributed by atoms with E-state index in [-0.39, 0.29) is 16.7 Å². The third kappa shape index (κ3) is 3.82. The molecule has 0 bridgehead atoms. The largest absolute Gasteiger partial charge is 0.293 e. The van der Waals surface area contributed by atoms with Crippen LogP contribution in [0.25, 0.3) is 72.2 Å². The molecule has 3 unspecified atom stereocenters. The summed E-state index contributed by atoms with van der Waals surface area (Å²) in [5, 5.41) is 3.49. The second kappa shape index (κ2) is 10.9. The molecule has 9 aromatic rings. The number of nitrogens with zero attached hydrogens (tertiary/aromatic N) is 3. The summed E-state index contributed by atoms with van der Waals surface area (Å²) < 4.78 is 2.41. The van der Waals surface area contributed by atoms with Crippen molar-refractivity contribution in [3.63, 3.8) is 0 Å². The quantitative estimate of drug-likeness (QED) is 0.177. The molecule has 0 amide bonds. The first-order chi connectivity index (χ1) is 28.0. The first kappa shape index (κ1) is 31.4. The number of hydrogen-bond acceptors (Lipinski definition) is 2. The van der Waals surface area contributed by atoms with E-state index >= 15 is 0 Å². The van der Waals surface area contributed by atoms with Gasteiger partial charge in [-0.15, -0.1) is 0 Å². The fourth-order valence-corrected chi connectivity index (χ4v) is 11.6. The zero-order chi connectivity index (χ0) is 37.6. The Kier molecular flexibility index (Phi) is 6.01. The summed E-state index contributed by atoms with van der Waals surface area (Å²) >= 11 is 0. The minimum Gasteiger partial charge on any atom is -0.293 e. The van der Waals surface area contributed by atoms with Crippen LogP contribution in [0, 0.1) is 5.92 Å². The van der Waals surface area contributed by atoms with Gasteiger partial charge in [-0.1, -0.05) is 159 Å². The van der Waals surface area contributed by atoms with Crippen LogP contribution in [-0.2, 0) is 10.8 Å². The number of hydrogen-bond donors (Lipinski definition) is 0. The first-order valence-electron chi connectivity index (χ1n) is 20.2. The van der Waals surface area contributed by atoms with Crippen LogP contribution in [0.2, 0.25) is 0 Å². The van der Waals surface area contributed by atoms with Gasteiger partial charge in [0.2, 0.25) is 0 Å². The van der Waals surface area contributed by atoms with E-state index in [2.05, 4.69) is 194 Å². The Morgan fingerprint density at radius 1 is 0.491 bits per heavy atom. The Morgan fingerprint density at radius 2 is 1.18 bits per heavy atom. The average Bonchev–Trinajstić information content (AvgIpc) is 3.93. The lowest BCUT2D eigenvalue weighted by molar-refractivity contribution is 0.465. The monoisotopic (exact) mass is 727 g/mol. The Morgan fingerprint density at radius 3 is 2.07 bits per heavy atom. The zero-order valence-electron chi connectivity index (χ0n) is 31.7. The van der Waals surface area contributed by atoms with Crippen LogP contribution in [0.5, 0.6) is 0 Å². The number of fused-ring (bicyclic) bond motifs is 17. The van der Waals surface area contributed by atoms with E-state index in [0.29, 0.717) is 5.92 Å². The maximum Gasteiger partial charge on any atom is 0.162 e. The van der Waals surface area contributed by atoms with Gasteiger partial charge in [0.05, 0.1) is 22.0 Å². The fraction of sp³-hybridized carbons (Fsp3) is 0.111. The second-order valence-electron chi connectivity index (χ2n) is 16.8. The second-order valence-corrected chi connectivity index (χ2v) is 16.8. The Bertz CT molecular complexity index is 3300. The van der Waals surface area contributed by atoms with Crippen molar-refractivity contribution in [1.29, 1.82) is 0 Å². The van der Waals surface area contributed by atoms with Gasteiger partial charge in [-0.25, -0.2) is 9.97 Å². The van der Waals surface area contributed by atoms with Crippen LogP contribution in [0.4, 0.5) is 0 Å². The molecule has 0 saturated heterocycles. The zero-order valence-corrected chi connectivity index (χ0v) is 31.7. The molecule has 7 aromatic carbocycles. The van der Waals surface area contributed by atoms with Crippen LogP contribution in [0.3, 0.4) is 0 Å². The Balaban J connectivity index is 1.10. The van der Waals surface area contributed by atoms with E-state index in [1.807, 2.05) is 0 Å². The van der Waals surface area contributed by atoms with Gasteiger partial charge in [-0.2, -0.15) is 0 Å². The summed E-state index contributed by atoms with van der Waals surface area (Å²) in [7, 11) is 0. The maximum absolute atomic E-state index is 5.70. The molecule has 2 aromatic heterocycles. The lowest BCUT2D eigenvalue weighted by atomic mass is 9.65. The van der Waals surface area contributed by atoms with E-state index in [0.717, 1.165) is 33.6 Å². The molecular weight excluding hydrogens is 691 g/mol. The van der Waals surface area contributed by atoms with Crippen LogP contribution in [0.1, 0.15) is 53.1 Å². The van der Waals surface area contributed by atoms with E-state index in [1.54, 1.807) is 0 Å². The molecule has 0 fully saturated rings. The highest BCUT2D eigenvalue weighted by atomic mass is 15.1. The smallest absolute Gasteiger partial charge is 0.162 e. The van der Waals surface area contributed by atoms with Crippen molar-refractivity contribution in [3.8, 4) is 39.5 Å².